The van der Waals surface area contributed by atoms with Crippen molar-refractivity contribution in [3.8, 4) is 0 Å². The van der Waals surface area contributed by atoms with E-state index in [-0.39, 0.29) is 12.1 Å². The maximum Gasteiger partial charge on any atom is 0.323 e. The number of fused-ring (bicyclic) bond motifs is 3. The summed E-state index contributed by atoms with van der Waals surface area (Å²) in [4.78, 5) is 11.5. The second kappa shape index (κ2) is 3.45. The third-order valence-electron chi connectivity index (χ3n) is 3.54. The molecule has 17 heavy (non-hydrogen) atoms. The molecule has 90 valence electrons. The molecule has 5 heteroatoms. The second-order valence-corrected chi connectivity index (χ2v) is 4.49. The van der Waals surface area contributed by atoms with Crippen LogP contribution in [0.2, 0.25) is 0 Å². The number of ether oxygens (including phenoxy) is 1. The van der Waals surface area contributed by atoms with E-state index in [4.69, 9.17) is 4.74 Å². The van der Waals surface area contributed by atoms with Gasteiger partial charge in [-0.05, 0) is 6.07 Å². The third kappa shape index (κ3) is 1.36. The molecule has 1 fully saturated rings. The molecule has 1 aromatic rings. The van der Waals surface area contributed by atoms with Crippen molar-refractivity contribution in [1.29, 1.82) is 0 Å². The van der Waals surface area contributed by atoms with E-state index in [1.807, 2.05) is 24.3 Å². The molecular weight excluding hydrogens is 220 g/mol. The summed E-state index contributed by atoms with van der Waals surface area (Å²) in [7, 11) is 1.35. The normalized spacial score (nSPS) is 33.8. The summed E-state index contributed by atoms with van der Waals surface area (Å²) in [6.07, 6.45) is -0.00190. The number of anilines is 1. The van der Waals surface area contributed by atoms with Crippen molar-refractivity contribution >= 4 is 11.7 Å². The van der Waals surface area contributed by atoms with Gasteiger partial charge >= 0.3 is 5.97 Å². The number of aliphatic hydroxyl groups is 1. The van der Waals surface area contributed by atoms with Gasteiger partial charge in [0.1, 0.15) is 17.8 Å². The van der Waals surface area contributed by atoms with E-state index in [9.17, 15) is 9.90 Å². The number of nitrogens with one attached hydrogen (secondary N) is 2. The Morgan fingerprint density at radius 3 is 3.06 bits per heavy atom. The van der Waals surface area contributed by atoms with Crippen molar-refractivity contribution in [2.75, 3.05) is 12.4 Å². The van der Waals surface area contributed by atoms with Crippen molar-refractivity contribution in [2.45, 2.75) is 24.2 Å². The summed E-state index contributed by atoms with van der Waals surface area (Å²) >= 11 is 0. The number of esters is 1. The summed E-state index contributed by atoms with van der Waals surface area (Å²) in [5, 5.41) is 16.9. The number of benzene rings is 1. The Morgan fingerprint density at radius 1 is 1.53 bits per heavy atom. The SMILES string of the molecule is COC(=O)[C@@H]1C[C@]2(O)c3ccccc3N[C@@H]2N1. The van der Waals surface area contributed by atoms with Gasteiger partial charge in [-0.15, -0.1) is 0 Å². The van der Waals surface area contributed by atoms with Crippen LogP contribution in [0.25, 0.3) is 0 Å². The number of hydrogen-bond acceptors (Lipinski definition) is 5. The zero-order chi connectivity index (χ0) is 12.0. The van der Waals surface area contributed by atoms with Crippen LogP contribution in [0.3, 0.4) is 0 Å². The van der Waals surface area contributed by atoms with Gasteiger partial charge in [0.15, 0.2) is 0 Å². The van der Waals surface area contributed by atoms with E-state index < -0.39 is 11.6 Å². The van der Waals surface area contributed by atoms with Crippen LogP contribution in [-0.4, -0.2) is 30.4 Å². The average molecular weight is 234 g/mol. The van der Waals surface area contributed by atoms with E-state index in [0.29, 0.717) is 6.42 Å². The topological polar surface area (TPSA) is 70.6 Å². The molecule has 2 heterocycles. The Bertz CT molecular complexity index is 477. The fourth-order valence-corrected chi connectivity index (χ4v) is 2.69. The number of para-hydroxylation sites is 1. The van der Waals surface area contributed by atoms with E-state index in [1.54, 1.807) is 0 Å². The van der Waals surface area contributed by atoms with Crippen LogP contribution in [-0.2, 0) is 15.1 Å². The van der Waals surface area contributed by atoms with E-state index >= 15 is 0 Å². The number of hydrogen-bond donors (Lipinski definition) is 3. The lowest BCUT2D eigenvalue weighted by Crippen LogP contribution is -2.43. The standard InChI is InChI=1S/C12H14N2O3/c1-17-10(15)9-6-12(16)7-4-2-3-5-8(7)13-11(12)14-9/h2-5,9,11,13-14,16H,6H2,1H3/t9-,11+,12-/m0/s1. The Morgan fingerprint density at radius 2 is 2.29 bits per heavy atom. The second-order valence-electron chi connectivity index (χ2n) is 4.49. The molecule has 3 rings (SSSR count). The van der Waals surface area contributed by atoms with Gasteiger partial charge < -0.3 is 15.2 Å². The molecule has 5 nitrogen and oxygen atoms in total. The Balaban J connectivity index is 1.94. The Labute approximate surface area is 98.8 Å². The van der Waals surface area contributed by atoms with E-state index in [0.717, 1.165) is 11.3 Å². The van der Waals surface area contributed by atoms with Crippen molar-refractivity contribution in [3.05, 3.63) is 29.8 Å². The van der Waals surface area contributed by atoms with Crippen LogP contribution < -0.4 is 10.6 Å². The van der Waals surface area contributed by atoms with Gasteiger partial charge in [0, 0.05) is 17.7 Å². The minimum Gasteiger partial charge on any atom is -0.468 e. The maximum atomic E-state index is 11.5. The molecule has 0 amide bonds. The Hall–Kier alpha value is -1.59. The highest BCUT2D eigenvalue weighted by molar-refractivity contribution is 5.77. The van der Waals surface area contributed by atoms with Crippen molar-refractivity contribution < 1.29 is 14.6 Å². The minimum atomic E-state index is -1.03. The van der Waals surface area contributed by atoms with Crippen LogP contribution in [0.5, 0.6) is 0 Å². The van der Waals surface area contributed by atoms with Crippen molar-refractivity contribution in [3.63, 3.8) is 0 Å². The van der Waals surface area contributed by atoms with Crippen molar-refractivity contribution in [2.24, 2.45) is 0 Å². The minimum absolute atomic E-state index is 0.328. The number of carbonyl (C=O) groups excluding carboxylic acids is 1. The molecular formula is C12H14N2O3. The summed E-state index contributed by atoms with van der Waals surface area (Å²) in [5.74, 6) is -0.341. The molecule has 2 aliphatic rings. The highest BCUT2D eigenvalue weighted by Crippen LogP contribution is 2.44. The lowest BCUT2D eigenvalue weighted by Gasteiger charge is -2.21. The molecule has 0 bridgehead atoms. The maximum absolute atomic E-state index is 11.5. The quantitative estimate of drug-likeness (QED) is 0.604. The highest BCUT2D eigenvalue weighted by Gasteiger charge is 2.54. The molecule has 0 aromatic heterocycles. The molecule has 0 unspecified atom stereocenters. The molecule has 1 aromatic carbocycles. The first-order chi connectivity index (χ1) is 8.15. The van der Waals surface area contributed by atoms with Crippen molar-refractivity contribution in [1.82, 2.24) is 5.32 Å². The molecule has 0 spiro atoms. The largest absolute Gasteiger partial charge is 0.468 e. The van der Waals surface area contributed by atoms with Gasteiger partial charge in [0.05, 0.1) is 7.11 Å². The van der Waals surface area contributed by atoms with Crippen LogP contribution in [0.15, 0.2) is 24.3 Å². The average Bonchev–Trinajstić information content (AvgIpc) is 2.79. The lowest BCUT2D eigenvalue weighted by molar-refractivity contribution is -0.143. The van der Waals surface area contributed by atoms with E-state index in [2.05, 4.69) is 10.6 Å². The summed E-state index contributed by atoms with van der Waals surface area (Å²) < 4.78 is 4.69. The summed E-state index contributed by atoms with van der Waals surface area (Å²) in [5.41, 5.74) is 0.717. The van der Waals surface area contributed by atoms with Gasteiger partial charge in [-0.1, -0.05) is 18.2 Å². The zero-order valence-electron chi connectivity index (χ0n) is 9.43. The number of methoxy groups -OCH3 is 1. The predicted octanol–water partition coefficient (Wildman–Crippen LogP) is 0.161. The molecule has 0 saturated carbocycles. The van der Waals surface area contributed by atoms with Crippen LogP contribution >= 0.6 is 0 Å². The van der Waals surface area contributed by atoms with Crippen LogP contribution in [0, 0.1) is 0 Å². The molecule has 1 saturated heterocycles. The first-order valence-corrected chi connectivity index (χ1v) is 5.57. The number of carbonyl (C=O) groups is 1. The smallest absolute Gasteiger partial charge is 0.323 e. The van der Waals surface area contributed by atoms with Gasteiger partial charge in [-0.2, -0.15) is 0 Å². The predicted molar refractivity (Wildman–Crippen MR) is 61.3 cm³/mol. The fraction of sp³-hybridized carbons (Fsp3) is 0.417. The van der Waals surface area contributed by atoms with Crippen LogP contribution in [0.4, 0.5) is 5.69 Å². The monoisotopic (exact) mass is 234 g/mol. The molecule has 0 aliphatic carbocycles. The van der Waals surface area contributed by atoms with Gasteiger partial charge in [-0.3, -0.25) is 10.1 Å². The summed E-state index contributed by atoms with van der Waals surface area (Å²) in [6, 6.07) is 7.13. The highest BCUT2D eigenvalue weighted by atomic mass is 16.5. The molecule has 3 atom stereocenters. The first kappa shape index (κ1) is 10.6. The third-order valence-corrected chi connectivity index (χ3v) is 3.54. The number of rotatable bonds is 1. The zero-order valence-corrected chi connectivity index (χ0v) is 9.43. The first-order valence-electron chi connectivity index (χ1n) is 5.57. The molecule has 0 radical (unpaired) electrons. The lowest BCUT2D eigenvalue weighted by atomic mass is 9.91. The summed E-state index contributed by atoms with van der Waals surface area (Å²) in [6.45, 7) is 0. The fourth-order valence-electron chi connectivity index (χ4n) is 2.69. The molecule has 3 N–H and O–H groups in total. The van der Waals surface area contributed by atoms with E-state index in [1.165, 1.54) is 7.11 Å². The van der Waals surface area contributed by atoms with Crippen LogP contribution in [0.1, 0.15) is 12.0 Å². The van der Waals surface area contributed by atoms with Gasteiger partial charge in [-0.25, -0.2) is 0 Å². The molecule has 2 aliphatic heterocycles. The van der Waals surface area contributed by atoms with Gasteiger partial charge in [0.25, 0.3) is 0 Å². The van der Waals surface area contributed by atoms with Gasteiger partial charge in [0.2, 0.25) is 0 Å². The Kier molecular flexibility index (Phi) is 2.14.